The van der Waals surface area contributed by atoms with Gasteiger partial charge in [0, 0.05) is 4.90 Å². The van der Waals surface area contributed by atoms with Crippen molar-refractivity contribution in [2.45, 2.75) is 10.4 Å². The SMILES string of the molecule is O=S(=O)([N-]S(=O)(=O)C(F)(F)F)c1ccc(O)cc1.[Na+]. The van der Waals surface area contributed by atoms with Crippen LogP contribution in [0.25, 0.3) is 4.13 Å². The van der Waals surface area contributed by atoms with Crippen LogP contribution in [0.5, 0.6) is 5.75 Å². The molecule has 0 aliphatic heterocycles. The molecule has 0 amide bonds. The minimum atomic E-state index is -6.14. The normalized spacial score (nSPS) is 12.8. The summed E-state index contributed by atoms with van der Waals surface area (Å²) in [6.07, 6.45) is 0. The van der Waals surface area contributed by atoms with Gasteiger partial charge in [-0.05, 0) is 24.3 Å². The molecule has 0 saturated carbocycles. The van der Waals surface area contributed by atoms with E-state index in [9.17, 15) is 30.0 Å². The molecular weight excluding hydrogens is 322 g/mol. The van der Waals surface area contributed by atoms with Crippen LogP contribution in [0.2, 0.25) is 0 Å². The van der Waals surface area contributed by atoms with Gasteiger partial charge in [0.2, 0.25) is 0 Å². The molecular formula is C7H5F3NNaO5S2. The molecule has 0 atom stereocenters. The monoisotopic (exact) mass is 327 g/mol. The third-order valence-electron chi connectivity index (χ3n) is 1.62. The van der Waals surface area contributed by atoms with Gasteiger partial charge in [-0.15, -0.1) is 0 Å². The van der Waals surface area contributed by atoms with E-state index in [1.807, 2.05) is 4.13 Å². The summed E-state index contributed by atoms with van der Waals surface area (Å²) in [5, 5.41) is 8.86. The molecule has 19 heavy (non-hydrogen) atoms. The average molecular weight is 327 g/mol. The molecule has 0 heterocycles. The van der Waals surface area contributed by atoms with Gasteiger partial charge in [0.1, 0.15) is 15.8 Å². The van der Waals surface area contributed by atoms with Crippen LogP contribution in [0.4, 0.5) is 13.2 Å². The number of phenols is 1. The second-order valence-electron chi connectivity index (χ2n) is 2.96. The number of aromatic hydroxyl groups is 1. The van der Waals surface area contributed by atoms with Crippen LogP contribution >= 0.6 is 0 Å². The Balaban J connectivity index is 0.00000324. The molecule has 0 aliphatic rings. The van der Waals surface area contributed by atoms with E-state index in [1.54, 1.807) is 0 Å². The summed E-state index contributed by atoms with van der Waals surface area (Å²) >= 11 is 0. The first-order valence-electron chi connectivity index (χ1n) is 4.05. The Hall–Kier alpha value is -0.330. The quantitative estimate of drug-likeness (QED) is 0.667. The summed E-state index contributed by atoms with van der Waals surface area (Å²) in [7, 11) is -11.2. The Kier molecular flexibility index (Phi) is 5.87. The van der Waals surface area contributed by atoms with Crippen molar-refractivity contribution in [1.82, 2.24) is 0 Å². The number of nitrogens with zero attached hydrogens (tertiary/aromatic N) is 1. The van der Waals surface area contributed by atoms with E-state index in [0.717, 1.165) is 24.3 Å². The smallest absolute Gasteiger partial charge is 0.508 e. The van der Waals surface area contributed by atoms with Crippen molar-refractivity contribution in [2.75, 3.05) is 0 Å². The number of hydrogen-bond acceptors (Lipinski definition) is 5. The Morgan fingerprint density at radius 3 is 1.79 bits per heavy atom. The first-order chi connectivity index (χ1) is 7.96. The van der Waals surface area contributed by atoms with E-state index in [1.165, 1.54) is 0 Å². The summed E-state index contributed by atoms with van der Waals surface area (Å²) in [5.41, 5.74) is -5.79. The molecule has 6 nitrogen and oxygen atoms in total. The van der Waals surface area contributed by atoms with Crippen LogP contribution in [0.3, 0.4) is 0 Å². The third-order valence-corrected chi connectivity index (χ3v) is 4.65. The van der Waals surface area contributed by atoms with Gasteiger partial charge in [0.25, 0.3) is 0 Å². The molecule has 0 aliphatic carbocycles. The van der Waals surface area contributed by atoms with Crippen molar-refractivity contribution < 1.29 is 64.7 Å². The topological polar surface area (TPSA) is 103 Å². The minimum absolute atomic E-state index is 0. The zero-order chi connectivity index (χ0) is 14.2. The van der Waals surface area contributed by atoms with Crippen molar-refractivity contribution in [1.29, 1.82) is 0 Å². The van der Waals surface area contributed by atoms with Gasteiger partial charge in [0.15, 0.2) is 10.0 Å². The van der Waals surface area contributed by atoms with Gasteiger partial charge < -0.3 is 9.23 Å². The Morgan fingerprint density at radius 2 is 1.42 bits per heavy atom. The summed E-state index contributed by atoms with van der Waals surface area (Å²) in [4.78, 5) is -0.784. The summed E-state index contributed by atoms with van der Waals surface area (Å²) in [5.74, 6) is -0.340. The van der Waals surface area contributed by atoms with E-state index in [4.69, 9.17) is 5.11 Å². The summed E-state index contributed by atoms with van der Waals surface area (Å²) < 4.78 is 81.5. The van der Waals surface area contributed by atoms with Crippen molar-refractivity contribution in [3.8, 4) is 5.75 Å². The van der Waals surface area contributed by atoms with Gasteiger partial charge in [-0.1, -0.05) is 0 Å². The molecule has 0 unspecified atom stereocenters. The Morgan fingerprint density at radius 1 is 1.00 bits per heavy atom. The number of alkyl halides is 3. The standard InChI is InChI=1S/C7H5F3NO5S2.Na/c8-7(9,10)18(15,16)11-17(13,14)6-3-1-5(12)2-4-6;/h1-4,12H;/q-1;+1. The molecule has 1 rings (SSSR count). The number of rotatable bonds is 3. The molecule has 102 valence electrons. The maximum atomic E-state index is 12.0. The molecule has 0 bridgehead atoms. The number of benzene rings is 1. The van der Waals surface area contributed by atoms with E-state index < -0.39 is 30.5 Å². The molecule has 1 aromatic carbocycles. The van der Waals surface area contributed by atoms with Gasteiger partial charge in [-0.2, -0.15) is 13.2 Å². The fourth-order valence-electron chi connectivity index (χ4n) is 0.833. The largest absolute Gasteiger partial charge is 1.00 e. The van der Waals surface area contributed by atoms with Crippen LogP contribution in [0, 0.1) is 0 Å². The van der Waals surface area contributed by atoms with Crippen LogP contribution < -0.4 is 29.6 Å². The van der Waals surface area contributed by atoms with Gasteiger partial charge in [-0.3, -0.25) is 0 Å². The summed E-state index contributed by atoms with van der Waals surface area (Å²) in [6, 6.07) is 3.17. The van der Waals surface area contributed by atoms with Crippen molar-refractivity contribution in [3.05, 3.63) is 28.4 Å². The first kappa shape index (κ1) is 18.7. The molecule has 0 radical (unpaired) electrons. The summed E-state index contributed by atoms with van der Waals surface area (Å²) in [6.45, 7) is 0. The predicted molar refractivity (Wildman–Crippen MR) is 53.6 cm³/mol. The molecule has 1 aromatic rings. The Bertz CT molecular complexity index is 638. The fraction of sp³-hybridized carbons (Fsp3) is 0.143. The first-order valence-corrected chi connectivity index (χ1v) is 6.93. The Labute approximate surface area is 129 Å². The maximum Gasteiger partial charge on any atom is 1.00 e. The zero-order valence-corrected chi connectivity index (χ0v) is 12.9. The maximum absolute atomic E-state index is 12.0. The molecule has 0 aromatic heterocycles. The van der Waals surface area contributed by atoms with Crippen molar-refractivity contribution in [2.24, 2.45) is 0 Å². The number of sulfonamides is 2. The van der Waals surface area contributed by atoms with Gasteiger partial charge in [-0.25, -0.2) is 16.8 Å². The van der Waals surface area contributed by atoms with E-state index >= 15 is 0 Å². The van der Waals surface area contributed by atoms with Crippen LogP contribution in [0.15, 0.2) is 29.2 Å². The van der Waals surface area contributed by atoms with Crippen molar-refractivity contribution >= 4 is 20.0 Å². The number of halogens is 3. The fourth-order valence-corrected chi connectivity index (χ4v) is 3.03. The van der Waals surface area contributed by atoms with Crippen LogP contribution in [0.1, 0.15) is 0 Å². The molecule has 1 N–H and O–H groups in total. The van der Waals surface area contributed by atoms with Gasteiger partial charge in [0.05, 0.1) is 0 Å². The number of phenolic OH excluding ortho intramolecular Hbond substituents is 1. The molecule has 0 saturated heterocycles. The average Bonchev–Trinajstić information content (AvgIpc) is 2.14. The number of hydrogen-bond donors (Lipinski definition) is 1. The third kappa shape index (κ3) is 4.61. The molecule has 12 heteroatoms. The van der Waals surface area contributed by atoms with Crippen LogP contribution in [-0.2, 0) is 20.0 Å². The predicted octanol–water partition coefficient (Wildman–Crippen LogP) is -1.69. The van der Waals surface area contributed by atoms with Gasteiger partial charge >= 0.3 is 35.1 Å². The van der Waals surface area contributed by atoms with E-state index in [0.29, 0.717) is 0 Å². The van der Waals surface area contributed by atoms with Crippen molar-refractivity contribution in [3.63, 3.8) is 0 Å². The molecule has 0 fully saturated rings. The van der Waals surface area contributed by atoms with E-state index in [-0.39, 0.29) is 35.3 Å². The second kappa shape index (κ2) is 5.97. The zero-order valence-electron chi connectivity index (χ0n) is 9.29. The van der Waals surface area contributed by atoms with E-state index in [2.05, 4.69) is 0 Å². The minimum Gasteiger partial charge on any atom is -0.508 e. The molecule has 0 spiro atoms. The second-order valence-corrected chi connectivity index (χ2v) is 6.40. The van der Waals surface area contributed by atoms with Crippen LogP contribution in [-0.4, -0.2) is 27.5 Å².